The molecule has 1 N–H and O–H groups in total. The van der Waals surface area contributed by atoms with Gasteiger partial charge in [0.05, 0.1) is 12.6 Å². The van der Waals surface area contributed by atoms with Gasteiger partial charge < -0.3 is 14.8 Å². The van der Waals surface area contributed by atoms with Gasteiger partial charge in [-0.2, -0.15) is 0 Å². The summed E-state index contributed by atoms with van der Waals surface area (Å²) in [6.45, 7) is 6.13. The van der Waals surface area contributed by atoms with Crippen LogP contribution in [0, 0.1) is 0 Å². The maximum absolute atomic E-state index is 12.2. The number of hydrogen-bond acceptors (Lipinski definition) is 4. The van der Waals surface area contributed by atoms with Gasteiger partial charge in [0.25, 0.3) is 0 Å². The van der Waals surface area contributed by atoms with Crippen molar-refractivity contribution in [2.45, 2.75) is 32.7 Å². The standard InChI is InChI=1S/C16H25NO3/c1-4-11-20-15-8-6-14(7-9-15)16(18)13(2)17-10-5-12-19-3/h6-9,13,17H,4-5,10-12H2,1-3H3. The van der Waals surface area contributed by atoms with Gasteiger partial charge in [-0.3, -0.25) is 4.79 Å². The molecule has 0 aliphatic carbocycles. The lowest BCUT2D eigenvalue weighted by atomic mass is 10.1. The van der Waals surface area contributed by atoms with E-state index in [0.29, 0.717) is 18.8 Å². The van der Waals surface area contributed by atoms with Crippen LogP contribution in [0.4, 0.5) is 0 Å². The minimum atomic E-state index is -0.186. The van der Waals surface area contributed by atoms with Crippen LogP contribution in [0.5, 0.6) is 5.75 Å². The van der Waals surface area contributed by atoms with E-state index in [0.717, 1.165) is 25.1 Å². The lowest BCUT2D eigenvalue weighted by molar-refractivity contribution is 0.0949. The summed E-state index contributed by atoms with van der Waals surface area (Å²) in [6.07, 6.45) is 1.88. The van der Waals surface area contributed by atoms with Crippen LogP contribution in [0.15, 0.2) is 24.3 Å². The Kier molecular flexibility index (Phi) is 7.92. The summed E-state index contributed by atoms with van der Waals surface area (Å²) in [5.41, 5.74) is 0.709. The molecule has 1 unspecified atom stereocenters. The van der Waals surface area contributed by atoms with Crippen molar-refractivity contribution in [2.75, 3.05) is 26.9 Å². The minimum absolute atomic E-state index is 0.101. The molecule has 0 heterocycles. The van der Waals surface area contributed by atoms with Crippen LogP contribution in [-0.4, -0.2) is 38.7 Å². The van der Waals surface area contributed by atoms with E-state index in [1.807, 2.05) is 31.2 Å². The summed E-state index contributed by atoms with van der Waals surface area (Å²) in [5.74, 6) is 0.911. The molecule has 0 amide bonds. The van der Waals surface area contributed by atoms with E-state index in [4.69, 9.17) is 9.47 Å². The smallest absolute Gasteiger partial charge is 0.179 e. The molecule has 112 valence electrons. The van der Waals surface area contributed by atoms with E-state index >= 15 is 0 Å². The Hall–Kier alpha value is -1.39. The van der Waals surface area contributed by atoms with Crippen molar-refractivity contribution in [3.8, 4) is 5.75 Å². The number of ether oxygens (including phenoxy) is 2. The van der Waals surface area contributed by atoms with Gasteiger partial charge in [-0.25, -0.2) is 0 Å². The van der Waals surface area contributed by atoms with Gasteiger partial charge >= 0.3 is 0 Å². The topological polar surface area (TPSA) is 47.6 Å². The van der Waals surface area contributed by atoms with E-state index in [1.165, 1.54) is 0 Å². The quantitative estimate of drug-likeness (QED) is 0.528. The molecule has 0 spiro atoms. The predicted octanol–water partition coefficient (Wildman–Crippen LogP) is 2.67. The van der Waals surface area contributed by atoms with Crippen molar-refractivity contribution >= 4 is 5.78 Å². The van der Waals surface area contributed by atoms with E-state index < -0.39 is 0 Å². The Labute approximate surface area is 121 Å². The molecule has 0 aromatic heterocycles. The van der Waals surface area contributed by atoms with Gasteiger partial charge in [0.1, 0.15) is 5.75 Å². The maximum atomic E-state index is 12.2. The number of hydrogen-bond donors (Lipinski definition) is 1. The fourth-order valence-electron chi connectivity index (χ4n) is 1.81. The predicted molar refractivity (Wildman–Crippen MR) is 80.5 cm³/mol. The third kappa shape index (κ3) is 5.72. The number of ketones is 1. The van der Waals surface area contributed by atoms with E-state index in [-0.39, 0.29) is 11.8 Å². The Morgan fingerprint density at radius 3 is 2.55 bits per heavy atom. The second-order valence-electron chi connectivity index (χ2n) is 4.76. The summed E-state index contributed by atoms with van der Waals surface area (Å²) in [4.78, 5) is 12.2. The molecule has 20 heavy (non-hydrogen) atoms. The average Bonchev–Trinajstić information content (AvgIpc) is 2.49. The van der Waals surface area contributed by atoms with Gasteiger partial charge in [-0.1, -0.05) is 6.92 Å². The summed E-state index contributed by atoms with van der Waals surface area (Å²) < 4.78 is 10.5. The molecule has 1 rings (SSSR count). The summed E-state index contributed by atoms with van der Waals surface area (Å²) >= 11 is 0. The van der Waals surface area contributed by atoms with Gasteiger partial charge in [-0.15, -0.1) is 0 Å². The Balaban J connectivity index is 2.45. The highest BCUT2D eigenvalue weighted by Crippen LogP contribution is 2.13. The number of carbonyl (C=O) groups is 1. The first-order valence-electron chi connectivity index (χ1n) is 7.18. The second kappa shape index (κ2) is 9.50. The first kappa shape index (κ1) is 16.7. The van der Waals surface area contributed by atoms with Crippen molar-refractivity contribution in [1.82, 2.24) is 5.32 Å². The number of carbonyl (C=O) groups excluding carboxylic acids is 1. The summed E-state index contributed by atoms with van der Waals surface area (Å²) in [5, 5.41) is 3.20. The van der Waals surface area contributed by atoms with Gasteiger partial charge in [0.2, 0.25) is 0 Å². The van der Waals surface area contributed by atoms with Crippen LogP contribution in [0.3, 0.4) is 0 Å². The van der Waals surface area contributed by atoms with Gasteiger partial charge in [0, 0.05) is 19.3 Å². The molecule has 1 aromatic carbocycles. The number of benzene rings is 1. The van der Waals surface area contributed by atoms with Crippen molar-refractivity contribution in [3.05, 3.63) is 29.8 Å². The lowest BCUT2D eigenvalue weighted by Gasteiger charge is -2.13. The Morgan fingerprint density at radius 1 is 1.25 bits per heavy atom. The molecule has 0 saturated heterocycles. The minimum Gasteiger partial charge on any atom is -0.494 e. The molecule has 1 aromatic rings. The molecule has 0 radical (unpaired) electrons. The van der Waals surface area contributed by atoms with E-state index in [2.05, 4.69) is 12.2 Å². The normalized spacial score (nSPS) is 12.2. The van der Waals surface area contributed by atoms with E-state index in [1.54, 1.807) is 7.11 Å². The third-order valence-corrected chi connectivity index (χ3v) is 2.98. The first-order chi connectivity index (χ1) is 9.69. The molecule has 0 bridgehead atoms. The van der Waals surface area contributed by atoms with Gasteiger partial charge in [0.15, 0.2) is 5.78 Å². The fourth-order valence-corrected chi connectivity index (χ4v) is 1.81. The summed E-state index contributed by atoms with van der Waals surface area (Å²) in [7, 11) is 1.68. The largest absolute Gasteiger partial charge is 0.494 e. The number of Topliss-reactive ketones (excluding diaryl/α,β-unsaturated/α-hetero) is 1. The van der Waals surface area contributed by atoms with Crippen molar-refractivity contribution in [1.29, 1.82) is 0 Å². The SMILES string of the molecule is CCCOc1ccc(C(=O)C(C)NCCCOC)cc1. The molecule has 0 fully saturated rings. The highest BCUT2D eigenvalue weighted by molar-refractivity contribution is 5.99. The Morgan fingerprint density at radius 2 is 1.95 bits per heavy atom. The molecule has 4 nitrogen and oxygen atoms in total. The monoisotopic (exact) mass is 279 g/mol. The lowest BCUT2D eigenvalue weighted by Crippen LogP contribution is -2.35. The highest BCUT2D eigenvalue weighted by atomic mass is 16.5. The van der Waals surface area contributed by atoms with Crippen molar-refractivity contribution in [2.24, 2.45) is 0 Å². The van der Waals surface area contributed by atoms with Crippen LogP contribution in [-0.2, 0) is 4.74 Å². The molecule has 0 saturated carbocycles. The second-order valence-corrected chi connectivity index (χ2v) is 4.76. The third-order valence-electron chi connectivity index (χ3n) is 2.98. The van der Waals surface area contributed by atoms with Crippen LogP contribution in [0.2, 0.25) is 0 Å². The molecule has 0 aliphatic rings. The molecule has 4 heteroatoms. The summed E-state index contributed by atoms with van der Waals surface area (Å²) in [6, 6.07) is 7.15. The first-order valence-corrected chi connectivity index (χ1v) is 7.18. The van der Waals surface area contributed by atoms with Crippen LogP contribution in [0.1, 0.15) is 37.0 Å². The van der Waals surface area contributed by atoms with Crippen LogP contribution < -0.4 is 10.1 Å². The van der Waals surface area contributed by atoms with Gasteiger partial charge in [-0.05, 0) is 50.6 Å². The fraction of sp³-hybridized carbons (Fsp3) is 0.562. The van der Waals surface area contributed by atoms with Crippen molar-refractivity contribution in [3.63, 3.8) is 0 Å². The Bertz CT molecular complexity index is 389. The van der Waals surface area contributed by atoms with Crippen LogP contribution >= 0.6 is 0 Å². The maximum Gasteiger partial charge on any atom is 0.179 e. The van der Waals surface area contributed by atoms with Crippen LogP contribution in [0.25, 0.3) is 0 Å². The number of nitrogens with one attached hydrogen (secondary N) is 1. The molecule has 0 aliphatic heterocycles. The molecular formula is C16H25NO3. The number of rotatable bonds is 10. The van der Waals surface area contributed by atoms with E-state index in [9.17, 15) is 4.79 Å². The van der Waals surface area contributed by atoms with Crippen molar-refractivity contribution < 1.29 is 14.3 Å². The zero-order valence-corrected chi connectivity index (χ0v) is 12.6. The zero-order chi connectivity index (χ0) is 14.8. The average molecular weight is 279 g/mol. The highest BCUT2D eigenvalue weighted by Gasteiger charge is 2.14. The molecular weight excluding hydrogens is 254 g/mol. The number of methoxy groups -OCH3 is 1. The molecule has 1 atom stereocenters. The zero-order valence-electron chi connectivity index (χ0n) is 12.6.